The molecule has 0 fully saturated rings. The van der Waals surface area contributed by atoms with Gasteiger partial charge in [-0.25, -0.2) is 0 Å². The van der Waals surface area contributed by atoms with Gasteiger partial charge in [0.25, 0.3) is 5.91 Å². The Bertz CT molecular complexity index is 570. The average Bonchev–Trinajstić information content (AvgIpc) is 2.38. The van der Waals surface area contributed by atoms with Gasteiger partial charge < -0.3 is 10.2 Å². The van der Waals surface area contributed by atoms with Crippen LogP contribution in [0.25, 0.3) is 0 Å². The second kappa shape index (κ2) is 7.69. The Morgan fingerprint density at radius 2 is 1.95 bits per heavy atom. The number of hydrogen-bond donors (Lipinski definition) is 2. The van der Waals surface area contributed by atoms with Gasteiger partial charge in [0.1, 0.15) is 5.75 Å². The summed E-state index contributed by atoms with van der Waals surface area (Å²) in [5.41, 5.74) is 6.52. The zero-order chi connectivity index (χ0) is 16.0. The first-order chi connectivity index (χ1) is 9.79. The Morgan fingerprint density at radius 1 is 1.29 bits per heavy atom. The minimum absolute atomic E-state index is 0.102. The second-order valence-corrected chi connectivity index (χ2v) is 5.16. The number of carbonyl (C=O) groups is 2. The van der Waals surface area contributed by atoms with Gasteiger partial charge in [0.15, 0.2) is 11.9 Å². The summed E-state index contributed by atoms with van der Waals surface area (Å²) in [6.45, 7) is 6.59. The summed E-state index contributed by atoms with van der Waals surface area (Å²) in [5, 5.41) is 0.614. The van der Waals surface area contributed by atoms with E-state index in [0.29, 0.717) is 16.5 Å². The quantitative estimate of drug-likeness (QED) is 0.626. The van der Waals surface area contributed by atoms with E-state index in [4.69, 9.17) is 16.3 Å². The molecule has 21 heavy (non-hydrogen) atoms. The summed E-state index contributed by atoms with van der Waals surface area (Å²) in [6.07, 6.45) is 0.692. The molecule has 6 heteroatoms. The Kier molecular flexibility index (Phi) is 6.24. The number of carbonyl (C=O) groups excluding carboxylic acids is 2. The molecule has 0 aliphatic rings. The third-order valence-corrected chi connectivity index (χ3v) is 2.85. The maximum absolute atomic E-state index is 11.9. The van der Waals surface area contributed by atoms with Crippen LogP contribution >= 0.6 is 11.6 Å². The zero-order valence-corrected chi connectivity index (χ0v) is 13.2. The van der Waals surface area contributed by atoms with Crippen LogP contribution in [-0.2, 0) is 9.59 Å². The summed E-state index contributed by atoms with van der Waals surface area (Å²) in [7, 11) is 0. The fraction of sp³-hybridized carbons (Fsp3) is 0.333. The van der Waals surface area contributed by atoms with Gasteiger partial charge in [-0.2, -0.15) is 0 Å². The van der Waals surface area contributed by atoms with Gasteiger partial charge in [0, 0.05) is 16.8 Å². The molecule has 0 bridgehead atoms. The number of nitrogens with one attached hydrogen (secondary N) is 2. The highest BCUT2D eigenvalue weighted by molar-refractivity contribution is 6.30. The lowest BCUT2D eigenvalue weighted by molar-refractivity contribution is -0.128. The molecule has 5 nitrogen and oxygen atoms in total. The second-order valence-electron chi connectivity index (χ2n) is 4.72. The maximum Gasteiger partial charge on any atom is 0.279 e. The predicted molar refractivity (Wildman–Crippen MR) is 82.0 cm³/mol. The van der Waals surface area contributed by atoms with Gasteiger partial charge in [-0.05, 0) is 51.5 Å². The molecule has 1 aromatic carbocycles. The molecule has 1 amide bonds. The maximum atomic E-state index is 11.9. The molecule has 1 atom stereocenters. The summed E-state index contributed by atoms with van der Waals surface area (Å²) in [6, 6.07) is 5.18. The Labute approximate surface area is 129 Å². The van der Waals surface area contributed by atoms with Crippen molar-refractivity contribution in [1.29, 1.82) is 0 Å². The van der Waals surface area contributed by atoms with Crippen molar-refractivity contribution in [1.82, 2.24) is 10.9 Å². The summed E-state index contributed by atoms with van der Waals surface area (Å²) in [4.78, 5) is 22.8. The van der Waals surface area contributed by atoms with Crippen LogP contribution in [0.15, 0.2) is 30.0 Å². The van der Waals surface area contributed by atoms with Crippen molar-refractivity contribution in [2.75, 3.05) is 0 Å². The van der Waals surface area contributed by atoms with Gasteiger partial charge >= 0.3 is 0 Å². The number of halogens is 1. The first kappa shape index (κ1) is 17.0. The number of hydrogen-bond acceptors (Lipinski definition) is 4. The van der Waals surface area contributed by atoms with Crippen LogP contribution in [-0.4, -0.2) is 17.8 Å². The lowest BCUT2D eigenvalue weighted by atomic mass is 10.2. The highest BCUT2D eigenvalue weighted by atomic mass is 35.5. The van der Waals surface area contributed by atoms with E-state index in [1.165, 1.54) is 13.0 Å². The normalized spacial score (nSPS) is 12.5. The van der Waals surface area contributed by atoms with Crippen LogP contribution in [0.2, 0.25) is 5.02 Å². The molecule has 0 saturated carbocycles. The smallest absolute Gasteiger partial charge is 0.279 e. The molecule has 1 aromatic rings. The van der Waals surface area contributed by atoms with Gasteiger partial charge in [-0.3, -0.25) is 15.0 Å². The molecule has 114 valence electrons. The van der Waals surface area contributed by atoms with Crippen molar-refractivity contribution >= 4 is 23.3 Å². The number of ketones is 1. The highest BCUT2D eigenvalue weighted by Gasteiger charge is 2.15. The Hall–Kier alpha value is -2.01. The summed E-state index contributed by atoms with van der Waals surface area (Å²) >= 11 is 5.86. The van der Waals surface area contributed by atoms with E-state index in [9.17, 15) is 9.59 Å². The summed E-state index contributed by atoms with van der Waals surface area (Å²) < 4.78 is 5.58. The zero-order valence-electron chi connectivity index (χ0n) is 12.5. The number of rotatable bonds is 6. The molecule has 0 radical (unpaired) electrons. The number of aryl methyl sites for hydroxylation is 1. The number of amides is 1. The topological polar surface area (TPSA) is 67.4 Å². The fourth-order valence-corrected chi connectivity index (χ4v) is 1.82. The van der Waals surface area contributed by atoms with Gasteiger partial charge in [0.05, 0.1) is 0 Å². The van der Waals surface area contributed by atoms with E-state index in [1.807, 2.05) is 6.92 Å². The van der Waals surface area contributed by atoms with Crippen molar-refractivity contribution in [3.8, 4) is 5.75 Å². The van der Waals surface area contributed by atoms with E-state index >= 15 is 0 Å². The first-order valence-corrected chi connectivity index (χ1v) is 6.85. The van der Waals surface area contributed by atoms with Crippen LogP contribution < -0.4 is 15.6 Å². The Morgan fingerprint density at radius 3 is 2.52 bits per heavy atom. The van der Waals surface area contributed by atoms with E-state index in [-0.39, 0.29) is 11.7 Å². The number of benzene rings is 1. The van der Waals surface area contributed by atoms with Crippen molar-refractivity contribution in [2.45, 2.75) is 33.8 Å². The highest BCUT2D eigenvalue weighted by Crippen LogP contribution is 2.22. The fourth-order valence-electron chi connectivity index (χ4n) is 1.59. The monoisotopic (exact) mass is 310 g/mol. The lowest BCUT2D eigenvalue weighted by Crippen LogP contribution is -2.43. The van der Waals surface area contributed by atoms with Crippen molar-refractivity contribution in [2.24, 2.45) is 0 Å². The number of ether oxygens (including phenoxy) is 1. The molecule has 0 saturated heterocycles. The van der Waals surface area contributed by atoms with Crippen LogP contribution in [0.4, 0.5) is 0 Å². The van der Waals surface area contributed by atoms with Gasteiger partial charge in [-0.15, -0.1) is 0 Å². The van der Waals surface area contributed by atoms with Crippen molar-refractivity contribution < 1.29 is 14.3 Å². The lowest BCUT2D eigenvalue weighted by Gasteiger charge is -2.17. The third-order valence-electron chi connectivity index (χ3n) is 2.61. The van der Waals surface area contributed by atoms with Gasteiger partial charge in [-0.1, -0.05) is 11.6 Å². The van der Waals surface area contributed by atoms with Crippen molar-refractivity contribution in [3.05, 3.63) is 40.6 Å². The average molecular weight is 311 g/mol. The standard InChI is InChI=1S/C15H19ClN2O3/c1-9-7-13(16)5-6-14(9)21-12(4)15(20)18-17-10(2)8-11(3)19/h5-8,12,17H,1-4H3,(H,18,20)/b10-8+/t12-/m1/s1. The predicted octanol–water partition coefficient (Wildman–Crippen LogP) is 2.53. The minimum atomic E-state index is -0.692. The number of hydrazine groups is 1. The summed E-state index contributed by atoms with van der Waals surface area (Å²) in [5.74, 6) is 0.147. The van der Waals surface area contributed by atoms with Gasteiger partial charge in [0.2, 0.25) is 0 Å². The van der Waals surface area contributed by atoms with E-state index in [1.54, 1.807) is 32.0 Å². The number of allylic oxidation sites excluding steroid dienone is 2. The van der Waals surface area contributed by atoms with Crippen LogP contribution in [0.5, 0.6) is 5.75 Å². The molecule has 0 heterocycles. The minimum Gasteiger partial charge on any atom is -0.481 e. The van der Waals surface area contributed by atoms with Crippen LogP contribution in [0.1, 0.15) is 26.3 Å². The Balaban J connectivity index is 2.57. The molecule has 1 rings (SSSR count). The molecule has 0 aliphatic heterocycles. The molecule has 0 spiro atoms. The van der Waals surface area contributed by atoms with Crippen molar-refractivity contribution in [3.63, 3.8) is 0 Å². The largest absolute Gasteiger partial charge is 0.481 e. The SMILES string of the molecule is CC(=O)/C=C(\C)NNC(=O)[C@@H](C)Oc1ccc(Cl)cc1C. The first-order valence-electron chi connectivity index (χ1n) is 6.47. The molecule has 0 aromatic heterocycles. The molecule has 0 unspecified atom stereocenters. The molecular formula is C15H19ClN2O3. The van der Waals surface area contributed by atoms with E-state index < -0.39 is 6.10 Å². The van der Waals surface area contributed by atoms with E-state index in [0.717, 1.165) is 5.56 Å². The third kappa shape index (κ3) is 5.87. The molecular weight excluding hydrogens is 292 g/mol. The molecule has 0 aliphatic carbocycles. The van der Waals surface area contributed by atoms with Crippen LogP contribution in [0, 0.1) is 6.92 Å². The molecule has 2 N–H and O–H groups in total. The van der Waals surface area contributed by atoms with E-state index in [2.05, 4.69) is 10.9 Å². The van der Waals surface area contributed by atoms with Crippen LogP contribution in [0.3, 0.4) is 0 Å².